The number of aliphatic hydroxyl groups excluding tert-OH is 1. The van der Waals surface area contributed by atoms with Gasteiger partial charge in [-0.25, -0.2) is 0 Å². The summed E-state index contributed by atoms with van der Waals surface area (Å²) in [6.07, 6.45) is 4.34. The number of aromatic nitrogens is 2. The van der Waals surface area contributed by atoms with E-state index in [1.165, 1.54) is 0 Å². The molecular formula is C12H19N3O. The van der Waals surface area contributed by atoms with Crippen molar-refractivity contribution in [1.29, 1.82) is 5.26 Å². The Balaban J connectivity index is 2.79. The second-order valence-corrected chi connectivity index (χ2v) is 4.32. The molecule has 1 aromatic rings. The Morgan fingerprint density at radius 2 is 2.25 bits per heavy atom. The molecule has 1 heterocycles. The van der Waals surface area contributed by atoms with Gasteiger partial charge < -0.3 is 5.11 Å². The van der Waals surface area contributed by atoms with Crippen molar-refractivity contribution in [3.05, 3.63) is 18.0 Å². The van der Waals surface area contributed by atoms with E-state index >= 15 is 0 Å². The molecule has 88 valence electrons. The molecule has 2 atom stereocenters. The highest BCUT2D eigenvalue weighted by atomic mass is 16.3. The first-order chi connectivity index (χ1) is 7.60. The molecule has 0 saturated carbocycles. The Kier molecular flexibility index (Phi) is 4.51. The molecule has 0 bridgehead atoms. The van der Waals surface area contributed by atoms with Crippen molar-refractivity contribution in [2.45, 2.75) is 45.8 Å². The molecule has 0 fully saturated rings. The van der Waals surface area contributed by atoms with E-state index in [4.69, 9.17) is 5.26 Å². The zero-order chi connectivity index (χ0) is 12.1. The fourth-order valence-corrected chi connectivity index (χ4v) is 1.62. The molecule has 0 aliphatic heterocycles. The second-order valence-electron chi connectivity index (χ2n) is 4.32. The molecule has 0 radical (unpaired) electrons. The smallest absolute Gasteiger partial charge is 0.0978 e. The number of aliphatic hydroxyl groups is 1. The van der Waals surface area contributed by atoms with Crippen LogP contribution in [0.1, 0.15) is 51.3 Å². The summed E-state index contributed by atoms with van der Waals surface area (Å²) in [5, 5.41) is 23.2. The predicted octanol–water partition coefficient (Wildman–Crippen LogP) is 2.44. The van der Waals surface area contributed by atoms with E-state index in [1.807, 2.05) is 27.0 Å². The van der Waals surface area contributed by atoms with Gasteiger partial charge in [0.05, 0.1) is 24.3 Å². The van der Waals surface area contributed by atoms with Crippen LogP contribution < -0.4 is 0 Å². The Morgan fingerprint density at radius 1 is 1.56 bits per heavy atom. The third-order valence-corrected chi connectivity index (χ3v) is 2.64. The Labute approximate surface area is 96.5 Å². The van der Waals surface area contributed by atoms with Gasteiger partial charge in [-0.15, -0.1) is 0 Å². The van der Waals surface area contributed by atoms with Gasteiger partial charge in [0, 0.05) is 17.8 Å². The second kappa shape index (κ2) is 5.66. The standard InChI is InChI=1S/C12H19N3O/c1-4-5-10(6-13)12(16)11-7-14-15(8-11)9(2)3/h7-10,12,16H,4-5H2,1-3H3. The summed E-state index contributed by atoms with van der Waals surface area (Å²) in [4.78, 5) is 0. The average molecular weight is 221 g/mol. The van der Waals surface area contributed by atoms with Gasteiger partial charge in [-0.3, -0.25) is 4.68 Å². The van der Waals surface area contributed by atoms with E-state index < -0.39 is 6.10 Å². The van der Waals surface area contributed by atoms with E-state index in [0.717, 1.165) is 12.0 Å². The van der Waals surface area contributed by atoms with Gasteiger partial charge in [-0.05, 0) is 20.3 Å². The quantitative estimate of drug-likeness (QED) is 0.830. The van der Waals surface area contributed by atoms with Crippen molar-refractivity contribution in [2.75, 3.05) is 0 Å². The zero-order valence-electron chi connectivity index (χ0n) is 10.1. The van der Waals surface area contributed by atoms with Crippen molar-refractivity contribution < 1.29 is 5.11 Å². The van der Waals surface area contributed by atoms with Crippen molar-refractivity contribution in [3.63, 3.8) is 0 Å². The molecule has 1 N–H and O–H groups in total. The molecule has 0 aromatic carbocycles. The lowest BCUT2D eigenvalue weighted by Crippen LogP contribution is -2.10. The minimum atomic E-state index is -0.725. The fourth-order valence-electron chi connectivity index (χ4n) is 1.62. The molecule has 0 saturated heterocycles. The van der Waals surface area contributed by atoms with E-state index in [0.29, 0.717) is 6.42 Å². The molecule has 16 heavy (non-hydrogen) atoms. The third-order valence-electron chi connectivity index (χ3n) is 2.64. The van der Waals surface area contributed by atoms with Crippen LogP contribution in [0.2, 0.25) is 0 Å². The summed E-state index contributed by atoms with van der Waals surface area (Å²) in [5.74, 6) is -0.338. The number of nitriles is 1. The van der Waals surface area contributed by atoms with Crippen molar-refractivity contribution in [1.82, 2.24) is 9.78 Å². The number of hydrogen-bond donors (Lipinski definition) is 1. The van der Waals surface area contributed by atoms with Gasteiger partial charge in [0.1, 0.15) is 0 Å². The topological polar surface area (TPSA) is 61.8 Å². The SMILES string of the molecule is CCCC(C#N)C(O)c1cnn(C(C)C)c1. The highest BCUT2D eigenvalue weighted by molar-refractivity contribution is 5.12. The summed E-state index contributed by atoms with van der Waals surface area (Å²) in [7, 11) is 0. The lowest BCUT2D eigenvalue weighted by atomic mass is 9.95. The van der Waals surface area contributed by atoms with Crippen LogP contribution in [-0.4, -0.2) is 14.9 Å². The summed E-state index contributed by atoms with van der Waals surface area (Å²) in [6, 6.07) is 2.42. The maximum absolute atomic E-state index is 10.0. The van der Waals surface area contributed by atoms with Crippen LogP contribution in [0.25, 0.3) is 0 Å². The van der Waals surface area contributed by atoms with E-state index in [1.54, 1.807) is 10.9 Å². The molecule has 0 aliphatic carbocycles. The maximum atomic E-state index is 10.0. The largest absolute Gasteiger partial charge is 0.387 e. The molecule has 2 unspecified atom stereocenters. The molecular weight excluding hydrogens is 202 g/mol. The fraction of sp³-hybridized carbons (Fsp3) is 0.667. The van der Waals surface area contributed by atoms with Crippen LogP contribution in [0, 0.1) is 17.2 Å². The first-order valence-corrected chi connectivity index (χ1v) is 5.71. The first-order valence-electron chi connectivity index (χ1n) is 5.71. The van der Waals surface area contributed by atoms with Gasteiger partial charge in [0.25, 0.3) is 0 Å². The number of hydrogen-bond acceptors (Lipinski definition) is 3. The molecule has 0 aliphatic rings. The maximum Gasteiger partial charge on any atom is 0.0978 e. The number of rotatable bonds is 5. The van der Waals surface area contributed by atoms with Crippen LogP contribution >= 0.6 is 0 Å². The summed E-state index contributed by atoms with van der Waals surface area (Å²) >= 11 is 0. The van der Waals surface area contributed by atoms with Crippen molar-refractivity contribution in [3.8, 4) is 6.07 Å². The molecule has 0 spiro atoms. The minimum absolute atomic E-state index is 0.271. The molecule has 0 amide bonds. The lowest BCUT2D eigenvalue weighted by molar-refractivity contribution is 0.129. The summed E-state index contributed by atoms with van der Waals surface area (Å²) in [5.41, 5.74) is 0.730. The van der Waals surface area contributed by atoms with Gasteiger partial charge in [-0.1, -0.05) is 13.3 Å². The van der Waals surface area contributed by atoms with Gasteiger partial charge in [0.2, 0.25) is 0 Å². The monoisotopic (exact) mass is 221 g/mol. The minimum Gasteiger partial charge on any atom is -0.387 e. The van der Waals surface area contributed by atoms with E-state index in [-0.39, 0.29) is 12.0 Å². The van der Waals surface area contributed by atoms with Crippen LogP contribution in [0.5, 0.6) is 0 Å². The van der Waals surface area contributed by atoms with E-state index in [2.05, 4.69) is 11.2 Å². The average Bonchev–Trinajstić information content (AvgIpc) is 2.74. The lowest BCUT2D eigenvalue weighted by Gasteiger charge is -2.14. The van der Waals surface area contributed by atoms with Crippen molar-refractivity contribution in [2.24, 2.45) is 5.92 Å². The molecule has 1 rings (SSSR count). The molecule has 4 heteroatoms. The normalized spacial score (nSPS) is 14.8. The van der Waals surface area contributed by atoms with Crippen LogP contribution in [0.3, 0.4) is 0 Å². The zero-order valence-corrected chi connectivity index (χ0v) is 10.1. The van der Waals surface area contributed by atoms with Crippen LogP contribution in [0.4, 0.5) is 0 Å². The molecule has 4 nitrogen and oxygen atoms in total. The van der Waals surface area contributed by atoms with Crippen LogP contribution in [0.15, 0.2) is 12.4 Å². The van der Waals surface area contributed by atoms with Crippen LogP contribution in [-0.2, 0) is 0 Å². The predicted molar refractivity (Wildman–Crippen MR) is 61.6 cm³/mol. The van der Waals surface area contributed by atoms with Crippen molar-refractivity contribution >= 4 is 0 Å². The highest BCUT2D eigenvalue weighted by Crippen LogP contribution is 2.25. The van der Waals surface area contributed by atoms with Gasteiger partial charge >= 0.3 is 0 Å². The first kappa shape index (κ1) is 12.7. The Bertz CT molecular complexity index is 365. The highest BCUT2D eigenvalue weighted by Gasteiger charge is 2.21. The van der Waals surface area contributed by atoms with Gasteiger partial charge in [0.15, 0.2) is 0 Å². The number of nitrogens with zero attached hydrogens (tertiary/aromatic N) is 3. The summed E-state index contributed by atoms with van der Waals surface area (Å²) in [6.45, 7) is 6.06. The van der Waals surface area contributed by atoms with Gasteiger partial charge in [-0.2, -0.15) is 10.4 Å². The summed E-state index contributed by atoms with van der Waals surface area (Å²) < 4.78 is 1.79. The van der Waals surface area contributed by atoms with E-state index in [9.17, 15) is 5.11 Å². The molecule has 1 aromatic heterocycles. The Morgan fingerprint density at radius 3 is 2.69 bits per heavy atom. The third kappa shape index (κ3) is 2.83. The Hall–Kier alpha value is -1.34.